The molecule has 1 heterocycles. The number of hydrogen-bond acceptors (Lipinski definition) is 2. The molecule has 0 bridgehead atoms. The molecule has 1 atom stereocenters. The maximum atomic E-state index is 3.91. The van der Waals surface area contributed by atoms with Crippen LogP contribution in [0.25, 0.3) is 0 Å². The standard InChI is InChI=1S/C20H30N2.C2H4/c1-3-18(4-2)12-15-22(17-20-11-8-14-21-20)16-13-19-9-6-5-7-10-19;1-2/h3-7,9-10,20-21H,1,8,11-17H2,2H3;1-2H2/b18-4+;/t20-;/m0./s1. The summed E-state index contributed by atoms with van der Waals surface area (Å²) in [5.41, 5.74) is 2.78. The molecule has 1 saturated heterocycles. The highest BCUT2D eigenvalue weighted by Gasteiger charge is 2.17. The summed E-state index contributed by atoms with van der Waals surface area (Å²) in [6, 6.07) is 11.5. The summed E-state index contributed by atoms with van der Waals surface area (Å²) in [6.07, 6.45) is 9.04. The van der Waals surface area contributed by atoms with Crippen LogP contribution in [-0.4, -0.2) is 37.1 Å². The highest BCUT2D eigenvalue weighted by molar-refractivity contribution is 5.16. The molecule has 0 radical (unpaired) electrons. The molecule has 1 aromatic rings. The Kier molecular flexibility index (Phi) is 10.8. The van der Waals surface area contributed by atoms with Crippen molar-refractivity contribution in [3.8, 4) is 0 Å². The highest BCUT2D eigenvalue weighted by Crippen LogP contribution is 2.11. The first kappa shape index (κ1) is 20.4. The Morgan fingerprint density at radius 1 is 1.25 bits per heavy atom. The van der Waals surface area contributed by atoms with Crippen LogP contribution in [0.1, 0.15) is 31.7 Å². The predicted octanol–water partition coefficient (Wildman–Crippen LogP) is 4.61. The van der Waals surface area contributed by atoms with E-state index in [9.17, 15) is 0 Å². The number of benzene rings is 1. The first-order valence-electron chi connectivity index (χ1n) is 9.09. The Morgan fingerprint density at radius 3 is 2.58 bits per heavy atom. The first-order chi connectivity index (χ1) is 11.8. The fourth-order valence-corrected chi connectivity index (χ4v) is 3.10. The van der Waals surface area contributed by atoms with Crippen LogP contribution in [0.3, 0.4) is 0 Å². The Balaban J connectivity index is 0.00000139. The van der Waals surface area contributed by atoms with Gasteiger partial charge in [0.15, 0.2) is 0 Å². The van der Waals surface area contributed by atoms with E-state index in [1.807, 2.05) is 6.08 Å². The lowest BCUT2D eigenvalue weighted by molar-refractivity contribution is 0.255. The fraction of sp³-hybridized carbons (Fsp3) is 0.455. The lowest BCUT2D eigenvalue weighted by Crippen LogP contribution is -2.39. The number of allylic oxidation sites excluding steroid dienone is 2. The molecule has 0 amide bonds. The van der Waals surface area contributed by atoms with Gasteiger partial charge in [0.2, 0.25) is 0 Å². The lowest BCUT2D eigenvalue weighted by atomic mass is 10.1. The maximum absolute atomic E-state index is 3.91. The van der Waals surface area contributed by atoms with Crippen LogP contribution in [-0.2, 0) is 6.42 Å². The van der Waals surface area contributed by atoms with Gasteiger partial charge >= 0.3 is 0 Å². The van der Waals surface area contributed by atoms with Gasteiger partial charge in [-0.05, 0) is 44.7 Å². The van der Waals surface area contributed by atoms with E-state index in [2.05, 4.69) is 73.3 Å². The third-order valence-corrected chi connectivity index (χ3v) is 4.55. The van der Waals surface area contributed by atoms with Gasteiger partial charge in [-0.25, -0.2) is 0 Å². The summed E-state index contributed by atoms with van der Waals surface area (Å²) in [6.45, 7) is 16.6. The van der Waals surface area contributed by atoms with Crippen LogP contribution in [0, 0.1) is 0 Å². The normalized spacial score (nSPS) is 17.4. The Bertz CT molecular complexity index is 472. The van der Waals surface area contributed by atoms with Gasteiger partial charge in [0.25, 0.3) is 0 Å². The van der Waals surface area contributed by atoms with Gasteiger partial charge in [0.05, 0.1) is 0 Å². The van der Waals surface area contributed by atoms with Gasteiger partial charge in [-0.3, -0.25) is 0 Å². The van der Waals surface area contributed by atoms with Crippen molar-refractivity contribution in [1.29, 1.82) is 0 Å². The number of hydrogen-bond donors (Lipinski definition) is 1. The zero-order chi connectivity index (χ0) is 17.6. The number of nitrogens with zero attached hydrogens (tertiary/aromatic N) is 1. The van der Waals surface area contributed by atoms with E-state index in [0.717, 1.165) is 25.9 Å². The minimum Gasteiger partial charge on any atom is -0.313 e. The molecule has 0 spiro atoms. The fourth-order valence-electron chi connectivity index (χ4n) is 3.10. The van der Waals surface area contributed by atoms with Crippen LogP contribution in [0.2, 0.25) is 0 Å². The van der Waals surface area contributed by atoms with E-state index in [1.54, 1.807) is 0 Å². The average molecular weight is 327 g/mol. The largest absolute Gasteiger partial charge is 0.313 e. The van der Waals surface area contributed by atoms with E-state index in [4.69, 9.17) is 0 Å². The van der Waals surface area contributed by atoms with Gasteiger partial charge < -0.3 is 10.2 Å². The van der Waals surface area contributed by atoms with Crippen LogP contribution < -0.4 is 5.32 Å². The highest BCUT2D eigenvalue weighted by atomic mass is 15.1. The third-order valence-electron chi connectivity index (χ3n) is 4.55. The molecule has 0 aliphatic carbocycles. The van der Waals surface area contributed by atoms with E-state index >= 15 is 0 Å². The van der Waals surface area contributed by atoms with E-state index in [1.165, 1.54) is 37.1 Å². The van der Waals surface area contributed by atoms with Crippen LogP contribution >= 0.6 is 0 Å². The third kappa shape index (κ3) is 7.76. The van der Waals surface area contributed by atoms with Crippen LogP contribution in [0.5, 0.6) is 0 Å². The first-order valence-corrected chi connectivity index (χ1v) is 9.09. The lowest BCUT2D eigenvalue weighted by Gasteiger charge is -2.26. The number of rotatable bonds is 9. The summed E-state index contributed by atoms with van der Waals surface area (Å²) in [5.74, 6) is 0. The molecule has 0 unspecified atom stereocenters. The summed E-state index contributed by atoms with van der Waals surface area (Å²) in [7, 11) is 0. The van der Waals surface area contributed by atoms with Crippen LogP contribution in [0.15, 0.2) is 67.8 Å². The van der Waals surface area contributed by atoms with Crippen molar-refractivity contribution < 1.29 is 0 Å². The smallest absolute Gasteiger partial charge is 0.0195 e. The molecular weight excluding hydrogens is 292 g/mol. The Labute approximate surface area is 149 Å². The van der Waals surface area contributed by atoms with Crippen molar-refractivity contribution >= 4 is 0 Å². The molecule has 2 rings (SSSR count). The molecule has 2 heteroatoms. The molecule has 2 nitrogen and oxygen atoms in total. The van der Waals surface area contributed by atoms with Gasteiger partial charge in [0.1, 0.15) is 0 Å². The summed E-state index contributed by atoms with van der Waals surface area (Å²) >= 11 is 0. The zero-order valence-corrected chi connectivity index (χ0v) is 15.3. The second kappa shape index (κ2) is 12.7. The SMILES string of the molecule is C=C.C=C/C(=C\C)CCN(CCc1ccccc1)C[C@@H]1CCCN1. The minimum absolute atomic E-state index is 0.675. The monoisotopic (exact) mass is 326 g/mol. The molecule has 0 aromatic heterocycles. The molecule has 1 aromatic carbocycles. The summed E-state index contributed by atoms with van der Waals surface area (Å²) in [5, 5.41) is 3.62. The molecule has 1 aliphatic heterocycles. The van der Waals surface area contributed by atoms with Gasteiger partial charge in [0, 0.05) is 25.7 Å². The average Bonchev–Trinajstić information content (AvgIpc) is 3.16. The van der Waals surface area contributed by atoms with Crippen LogP contribution in [0.4, 0.5) is 0 Å². The van der Waals surface area contributed by atoms with E-state index < -0.39 is 0 Å². The summed E-state index contributed by atoms with van der Waals surface area (Å²) in [4.78, 5) is 2.61. The molecule has 1 aliphatic rings. The van der Waals surface area contributed by atoms with Crippen molar-refractivity contribution in [3.05, 3.63) is 73.4 Å². The van der Waals surface area contributed by atoms with Crippen molar-refractivity contribution in [3.63, 3.8) is 0 Å². The molecule has 1 fully saturated rings. The zero-order valence-electron chi connectivity index (χ0n) is 15.3. The van der Waals surface area contributed by atoms with Gasteiger partial charge in [-0.2, -0.15) is 0 Å². The maximum Gasteiger partial charge on any atom is 0.0195 e. The Hall–Kier alpha value is -1.64. The topological polar surface area (TPSA) is 15.3 Å². The van der Waals surface area contributed by atoms with Crippen molar-refractivity contribution in [2.75, 3.05) is 26.2 Å². The molecule has 132 valence electrons. The van der Waals surface area contributed by atoms with Crippen molar-refractivity contribution in [2.45, 2.75) is 38.6 Å². The molecular formula is C22H34N2. The predicted molar refractivity (Wildman–Crippen MR) is 107 cm³/mol. The van der Waals surface area contributed by atoms with E-state index in [0.29, 0.717) is 6.04 Å². The van der Waals surface area contributed by atoms with Gasteiger partial charge in [-0.15, -0.1) is 13.2 Å². The quantitative estimate of drug-likeness (QED) is 0.527. The van der Waals surface area contributed by atoms with Gasteiger partial charge in [-0.1, -0.05) is 54.6 Å². The molecule has 24 heavy (non-hydrogen) atoms. The second-order valence-electron chi connectivity index (χ2n) is 6.15. The number of nitrogens with one attached hydrogen (secondary N) is 1. The Morgan fingerprint density at radius 2 is 2.00 bits per heavy atom. The minimum atomic E-state index is 0.675. The molecule has 0 saturated carbocycles. The van der Waals surface area contributed by atoms with Crippen molar-refractivity contribution in [1.82, 2.24) is 10.2 Å². The summed E-state index contributed by atoms with van der Waals surface area (Å²) < 4.78 is 0. The van der Waals surface area contributed by atoms with Crippen molar-refractivity contribution in [2.24, 2.45) is 0 Å². The molecule has 1 N–H and O–H groups in total. The van der Waals surface area contributed by atoms with E-state index in [-0.39, 0.29) is 0 Å². The second-order valence-corrected chi connectivity index (χ2v) is 6.15.